The standard InChI is InChI=1S/C17H22N4/c1-13-6-7-15(14(2)11-13)12-21-17(18)20-10-8-16-5-3-4-9-19-16/h3-7,9,11H,8,10,12H2,1-2H3,(H3,18,20,21). The van der Waals surface area contributed by atoms with Gasteiger partial charge in [-0.3, -0.25) is 4.98 Å². The van der Waals surface area contributed by atoms with Crippen molar-refractivity contribution in [1.82, 2.24) is 10.3 Å². The monoisotopic (exact) mass is 282 g/mol. The van der Waals surface area contributed by atoms with Gasteiger partial charge in [0.05, 0.1) is 6.54 Å². The van der Waals surface area contributed by atoms with E-state index in [2.05, 4.69) is 47.3 Å². The third-order valence-electron chi connectivity index (χ3n) is 3.33. The van der Waals surface area contributed by atoms with Gasteiger partial charge in [-0.15, -0.1) is 0 Å². The maximum Gasteiger partial charge on any atom is 0.188 e. The molecule has 0 saturated carbocycles. The fraction of sp³-hybridized carbons (Fsp3) is 0.294. The Labute approximate surface area is 126 Å². The van der Waals surface area contributed by atoms with Crippen LogP contribution in [0.5, 0.6) is 0 Å². The van der Waals surface area contributed by atoms with E-state index in [1.54, 1.807) is 6.20 Å². The smallest absolute Gasteiger partial charge is 0.188 e. The van der Waals surface area contributed by atoms with Crippen LogP contribution in [0.1, 0.15) is 22.4 Å². The number of hydrogen-bond donors (Lipinski definition) is 2. The van der Waals surface area contributed by atoms with E-state index in [1.807, 2.05) is 18.2 Å². The number of aryl methyl sites for hydroxylation is 2. The summed E-state index contributed by atoms with van der Waals surface area (Å²) in [6, 6.07) is 12.3. The zero-order valence-corrected chi connectivity index (χ0v) is 12.6. The predicted octanol–water partition coefficient (Wildman–Crippen LogP) is 2.35. The van der Waals surface area contributed by atoms with Gasteiger partial charge >= 0.3 is 0 Å². The number of hydrogen-bond acceptors (Lipinski definition) is 2. The van der Waals surface area contributed by atoms with Gasteiger partial charge in [0.15, 0.2) is 5.96 Å². The highest BCUT2D eigenvalue weighted by Gasteiger charge is 1.99. The molecule has 0 spiro atoms. The van der Waals surface area contributed by atoms with Gasteiger partial charge in [-0.25, -0.2) is 4.99 Å². The van der Waals surface area contributed by atoms with Crippen LogP contribution < -0.4 is 11.1 Å². The fourth-order valence-corrected chi connectivity index (χ4v) is 2.11. The molecule has 1 heterocycles. The van der Waals surface area contributed by atoms with Crippen molar-refractivity contribution in [2.75, 3.05) is 6.54 Å². The average Bonchev–Trinajstić information content (AvgIpc) is 2.47. The number of rotatable bonds is 5. The molecule has 4 nitrogen and oxygen atoms in total. The van der Waals surface area contributed by atoms with Crippen LogP contribution in [0.4, 0.5) is 0 Å². The summed E-state index contributed by atoms with van der Waals surface area (Å²) in [5.74, 6) is 0.478. The molecule has 21 heavy (non-hydrogen) atoms. The summed E-state index contributed by atoms with van der Waals surface area (Å²) in [5.41, 5.74) is 10.7. The Morgan fingerprint density at radius 1 is 1.24 bits per heavy atom. The number of nitrogens with two attached hydrogens (primary N) is 1. The minimum atomic E-state index is 0.478. The average molecular weight is 282 g/mol. The minimum Gasteiger partial charge on any atom is -0.370 e. The second-order valence-electron chi connectivity index (χ2n) is 5.13. The van der Waals surface area contributed by atoms with E-state index in [1.165, 1.54) is 16.7 Å². The van der Waals surface area contributed by atoms with Gasteiger partial charge < -0.3 is 11.1 Å². The van der Waals surface area contributed by atoms with Gasteiger partial charge in [0.25, 0.3) is 0 Å². The van der Waals surface area contributed by atoms with Gasteiger partial charge in [0.1, 0.15) is 0 Å². The molecule has 0 saturated heterocycles. The van der Waals surface area contributed by atoms with E-state index in [4.69, 9.17) is 5.73 Å². The first-order valence-corrected chi connectivity index (χ1v) is 7.15. The van der Waals surface area contributed by atoms with Crippen molar-refractivity contribution in [2.45, 2.75) is 26.8 Å². The van der Waals surface area contributed by atoms with E-state index in [-0.39, 0.29) is 0 Å². The molecule has 0 bridgehead atoms. The molecule has 4 heteroatoms. The van der Waals surface area contributed by atoms with Crippen LogP contribution >= 0.6 is 0 Å². The second kappa shape index (κ2) is 7.43. The van der Waals surface area contributed by atoms with E-state index in [0.29, 0.717) is 12.5 Å². The summed E-state index contributed by atoms with van der Waals surface area (Å²) < 4.78 is 0. The molecule has 0 aliphatic rings. The van der Waals surface area contributed by atoms with Crippen molar-refractivity contribution < 1.29 is 0 Å². The molecule has 2 aromatic rings. The molecular weight excluding hydrogens is 260 g/mol. The van der Waals surface area contributed by atoms with E-state index in [0.717, 1.165) is 18.7 Å². The summed E-state index contributed by atoms with van der Waals surface area (Å²) in [5, 5.41) is 3.12. The largest absolute Gasteiger partial charge is 0.370 e. The number of aromatic nitrogens is 1. The highest BCUT2D eigenvalue weighted by molar-refractivity contribution is 5.77. The third-order valence-corrected chi connectivity index (χ3v) is 3.33. The number of nitrogens with one attached hydrogen (secondary N) is 1. The van der Waals surface area contributed by atoms with Crippen LogP contribution in [0.3, 0.4) is 0 Å². The molecule has 1 aromatic carbocycles. The SMILES string of the molecule is Cc1ccc(CN=C(N)NCCc2ccccn2)c(C)c1. The first-order chi connectivity index (χ1) is 10.1. The molecule has 0 unspecified atom stereocenters. The van der Waals surface area contributed by atoms with Crippen molar-refractivity contribution in [3.05, 3.63) is 65.0 Å². The van der Waals surface area contributed by atoms with Crippen molar-refractivity contribution in [1.29, 1.82) is 0 Å². The van der Waals surface area contributed by atoms with Crippen molar-refractivity contribution in [3.63, 3.8) is 0 Å². The number of aliphatic imine (C=N–C) groups is 1. The van der Waals surface area contributed by atoms with Crippen molar-refractivity contribution in [2.24, 2.45) is 10.7 Å². The molecule has 0 aliphatic carbocycles. The molecule has 110 valence electrons. The maximum atomic E-state index is 5.88. The Kier molecular flexibility index (Phi) is 5.32. The molecule has 1 aromatic heterocycles. The predicted molar refractivity (Wildman–Crippen MR) is 87.2 cm³/mol. The van der Waals surface area contributed by atoms with E-state index >= 15 is 0 Å². The molecule has 0 atom stereocenters. The normalized spacial score (nSPS) is 11.4. The van der Waals surface area contributed by atoms with Crippen molar-refractivity contribution in [3.8, 4) is 0 Å². The first-order valence-electron chi connectivity index (χ1n) is 7.15. The van der Waals surface area contributed by atoms with Crippen LogP contribution in [0, 0.1) is 13.8 Å². The summed E-state index contributed by atoms with van der Waals surface area (Å²) in [6.45, 7) is 5.53. The molecule has 0 radical (unpaired) electrons. The summed E-state index contributed by atoms with van der Waals surface area (Å²) >= 11 is 0. The van der Waals surface area contributed by atoms with Crippen molar-refractivity contribution >= 4 is 5.96 Å². The number of benzene rings is 1. The van der Waals surface area contributed by atoms with Crippen LogP contribution in [0.2, 0.25) is 0 Å². The molecule has 3 N–H and O–H groups in total. The quantitative estimate of drug-likeness (QED) is 0.653. The van der Waals surface area contributed by atoms with Crippen LogP contribution in [-0.2, 0) is 13.0 Å². The maximum absolute atomic E-state index is 5.88. The van der Waals surface area contributed by atoms with Gasteiger partial charge in [-0.2, -0.15) is 0 Å². The molecule has 0 aliphatic heterocycles. The zero-order chi connectivity index (χ0) is 15.1. The lowest BCUT2D eigenvalue weighted by Crippen LogP contribution is -2.33. The lowest BCUT2D eigenvalue weighted by atomic mass is 10.1. The van der Waals surface area contributed by atoms with E-state index in [9.17, 15) is 0 Å². The molecule has 2 rings (SSSR count). The molecule has 0 amide bonds. The lowest BCUT2D eigenvalue weighted by Gasteiger charge is -2.07. The number of nitrogens with zero attached hydrogens (tertiary/aromatic N) is 2. The highest BCUT2D eigenvalue weighted by atomic mass is 15.1. The summed E-state index contributed by atoms with van der Waals surface area (Å²) in [4.78, 5) is 8.65. The minimum absolute atomic E-state index is 0.478. The lowest BCUT2D eigenvalue weighted by molar-refractivity contribution is 0.827. The highest BCUT2D eigenvalue weighted by Crippen LogP contribution is 2.11. The number of guanidine groups is 1. The number of pyridine rings is 1. The van der Waals surface area contributed by atoms with Gasteiger partial charge in [0.2, 0.25) is 0 Å². The summed E-state index contributed by atoms with van der Waals surface area (Å²) in [7, 11) is 0. The Morgan fingerprint density at radius 2 is 2.10 bits per heavy atom. The second-order valence-corrected chi connectivity index (χ2v) is 5.13. The third kappa shape index (κ3) is 4.91. The Balaban J connectivity index is 1.81. The first kappa shape index (κ1) is 15.0. The van der Waals surface area contributed by atoms with Crippen LogP contribution in [0.25, 0.3) is 0 Å². The molecule has 0 fully saturated rings. The molecular formula is C17H22N4. The van der Waals surface area contributed by atoms with Gasteiger partial charge in [-0.1, -0.05) is 29.8 Å². The van der Waals surface area contributed by atoms with E-state index < -0.39 is 0 Å². The van der Waals surface area contributed by atoms with Gasteiger partial charge in [-0.05, 0) is 37.1 Å². The van der Waals surface area contributed by atoms with Crippen LogP contribution in [-0.4, -0.2) is 17.5 Å². The Bertz CT molecular complexity index is 605. The van der Waals surface area contributed by atoms with Gasteiger partial charge in [0, 0.05) is 24.9 Å². The topological polar surface area (TPSA) is 63.3 Å². The Morgan fingerprint density at radius 3 is 2.81 bits per heavy atom. The fourth-order valence-electron chi connectivity index (χ4n) is 2.11. The van der Waals surface area contributed by atoms with Crippen LogP contribution in [0.15, 0.2) is 47.6 Å². The Hall–Kier alpha value is -2.36. The zero-order valence-electron chi connectivity index (χ0n) is 12.6. The summed E-state index contributed by atoms with van der Waals surface area (Å²) in [6.07, 6.45) is 2.63.